The van der Waals surface area contributed by atoms with Crippen LogP contribution in [-0.4, -0.2) is 41.1 Å². The number of alkyl halides is 11. The van der Waals surface area contributed by atoms with Crippen molar-refractivity contribution in [3.63, 3.8) is 0 Å². The highest BCUT2D eigenvalue weighted by atomic mass is 19.4. The quantitative estimate of drug-likeness (QED) is 0.134. The van der Waals surface area contributed by atoms with Crippen molar-refractivity contribution in [1.29, 1.82) is 0 Å². The minimum Gasteiger partial charge on any atom is -0.455 e. The predicted octanol–water partition coefficient (Wildman–Crippen LogP) is 5.16. The maximum atomic E-state index is 14.0. The summed E-state index contributed by atoms with van der Waals surface area (Å²) in [6.07, 6.45) is -8.70. The van der Waals surface area contributed by atoms with Crippen LogP contribution >= 0.6 is 0 Å². The monoisotopic (exact) mass is 461 g/mol. The molecule has 5 nitrogen and oxygen atoms in total. The second-order valence-electron chi connectivity index (χ2n) is 5.32. The zero-order chi connectivity index (χ0) is 23.8. The number of non-ortho nitro benzene ring substituents is 1. The molecule has 16 heteroatoms. The van der Waals surface area contributed by atoms with E-state index in [1.807, 2.05) is 0 Å². The molecule has 0 fully saturated rings. The summed E-state index contributed by atoms with van der Waals surface area (Å²) in [5, 5.41) is 10.5. The zero-order valence-corrected chi connectivity index (χ0v) is 13.7. The molecule has 1 aromatic carbocycles. The van der Waals surface area contributed by atoms with Gasteiger partial charge in [-0.25, -0.2) is 0 Å². The molecule has 1 aromatic rings. The van der Waals surface area contributed by atoms with Gasteiger partial charge in [-0.15, -0.1) is 0 Å². The summed E-state index contributed by atoms with van der Waals surface area (Å²) in [6.45, 7) is 0. The SMILES string of the molecule is O=C/C=C(\Oc1ccc([N+](=O)[O-])cc1)C(F)(F)C(F)(F)C(F)(F)C(F)(F)C(F)(F)F. The van der Waals surface area contributed by atoms with Crippen LogP contribution in [0.5, 0.6) is 5.75 Å². The zero-order valence-electron chi connectivity index (χ0n) is 13.7. The number of nitro groups is 1. The van der Waals surface area contributed by atoms with Gasteiger partial charge in [0, 0.05) is 18.2 Å². The fourth-order valence-corrected chi connectivity index (χ4v) is 1.75. The second kappa shape index (κ2) is 7.71. The van der Waals surface area contributed by atoms with Gasteiger partial charge in [0.25, 0.3) is 5.69 Å². The van der Waals surface area contributed by atoms with Crippen molar-refractivity contribution in [2.45, 2.75) is 29.9 Å². The number of benzene rings is 1. The molecule has 0 unspecified atom stereocenters. The number of nitro benzene ring substituents is 1. The van der Waals surface area contributed by atoms with Crippen LogP contribution in [-0.2, 0) is 4.79 Å². The molecule has 0 aliphatic carbocycles. The topological polar surface area (TPSA) is 69.4 Å². The van der Waals surface area contributed by atoms with E-state index in [2.05, 4.69) is 4.74 Å². The molecule has 0 radical (unpaired) electrons. The van der Waals surface area contributed by atoms with E-state index in [1.54, 1.807) is 0 Å². The number of nitrogens with zero attached hydrogens (tertiary/aromatic N) is 1. The number of aldehydes is 1. The Morgan fingerprint density at radius 1 is 0.833 bits per heavy atom. The van der Waals surface area contributed by atoms with Crippen LogP contribution in [0.1, 0.15) is 0 Å². The molecule has 0 spiro atoms. The van der Waals surface area contributed by atoms with Crippen LogP contribution in [0.3, 0.4) is 0 Å². The molecule has 0 aliphatic rings. The summed E-state index contributed by atoms with van der Waals surface area (Å²) in [5.74, 6) is -33.0. The van der Waals surface area contributed by atoms with Gasteiger partial charge in [-0.05, 0) is 12.1 Å². The maximum Gasteiger partial charge on any atom is 0.460 e. The number of carbonyl (C=O) groups is 1. The standard InChI is InChI=1S/C14H6F11NO4/c15-10(16,11(17,18)12(19,20)13(21,22)14(23,24)25)9(5-6-27)30-8-3-1-7(2-4-8)26(28)29/h1-6H/b9-5-. The van der Waals surface area contributed by atoms with Crippen LogP contribution < -0.4 is 4.74 Å². The Morgan fingerprint density at radius 2 is 1.30 bits per heavy atom. The van der Waals surface area contributed by atoms with Crippen molar-refractivity contribution in [2.24, 2.45) is 0 Å². The third-order valence-corrected chi connectivity index (χ3v) is 3.34. The summed E-state index contributed by atoms with van der Waals surface area (Å²) in [7, 11) is 0. The van der Waals surface area contributed by atoms with Crippen molar-refractivity contribution in [2.75, 3.05) is 0 Å². The summed E-state index contributed by atoms with van der Waals surface area (Å²) in [5.41, 5.74) is -0.684. The fraction of sp³-hybridized carbons (Fsp3) is 0.357. The Balaban J connectivity index is 3.45. The van der Waals surface area contributed by atoms with Crippen molar-refractivity contribution in [3.05, 3.63) is 46.2 Å². The van der Waals surface area contributed by atoms with Crippen LogP contribution in [0.4, 0.5) is 54.0 Å². The van der Waals surface area contributed by atoms with Crippen molar-refractivity contribution in [3.8, 4) is 5.75 Å². The van der Waals surface area contributed by atoms with E-state index in [0.717, 1.165) is 0 Å². The highest BCUT2D eigenvalue weighted by Crippen LogP contribution is 2.58. The first-order valence-electron chi connectivity index (χ1n) is 7.00. The molecule has 0 N–H and O–H groups in total. The molecule has 0 aliphatic heterocycles. The van der Waals surface area contributed by atoms with Gasteiger partial charge in [-0.1, -0.05) is 0 Å². The van der Waals surface area contributed by atoms with Gasteiger partial charge in [-0.3, -0.25) is 14.9 Å². The molecular weight excluding hydrogens is 455 g/mol. The number of carbonyl (C=O) groups excluding carboxylic acids is 1. The lowest BCUT2D eigenvalue weighted by atomic mass is 9.96. The first-order valence-corrected chi connectivity index (χ1v) is 7.00. The molecule has 0 saturated heterocycles. The van der Waals surface area contributed by atoms with Crippen molar-refractivity contribution < 1.29 is 62.7 Å². The number of hydrogen-bond acceptors (Lipinski definition) is 4. The molecule has 0 amide bonds. The molecule has 30 heavy (non-hydrogen) atoms. The van der Waals surface area contributed by atoms with Crippen LogP contribution in [0.25, 0.3) is 0 Å². The normalized spacial score (nSPS) is 14.4. The predicted molar refractivity (Wildman–Crippen MR) is 73.7 cm³/mol. The van der Waals surface area contributed by atoms with E-state index in [4.69, 9.17) is 0 Å². The van der Waals surface area contributed by atoms with E-state index >= 15 is 0 Å². The van der Waals surface area contributed by atoms with Gasteiger partial charge in [0.2, 0.25) is 0 Å². The Morgan fingerprint density at radius 3 is 1.67 bits per heavy atom. The van der Waals surface area contributed by atoms with Gasteiger partial charge >= 0.3 is 29.9 Å². The minimum atomic E-state index is -7.69. The van der Waals surface area contributed by atoms with Crippen LogP contribution in [0.15, 0.2) is 36.1 Å². The largest absolute Gasteiger partial charge is 0.460 e. The minimum absolute atomic E-state index is 0.466. The van der Waals surface area contributed by atoms with Crippen molar-refractivity contribution >= 4 is 12.0 Å². The number of ether oxygens (including phenoxy) is 1. The first-order chi connectivity index (χ1) is 13.3. The maximum absolute atomic E-state index is 14.0. The molecule has 0 heterocycles. The Bertz CT molecular complexity index is 831. The van der Waals surface area contributed by atoms with E-state index in [9.17, 15) is 63.2 Å². The molecule has 1 rings (SSSR count). The van der Waals surface area contributed by atoms with Crippen LogP contribution in [0, 0.1) is 10.1 Å². The third kappa shape index (κ3) is 4.02. The van der Waals surface area contributed by atoms with Crippen molar-refractivity contribution in [1.82, 2.24) is 0 Å². The van der Waals surface area contributed by atoms with Crippen LogP contribution in [0.2, 0.25) is 0 Å². The van der Waals surface area contributed by atoms with Gasteiger partial charge in [0.05, 0.1) is 4.92 Å². The molecule has 0 atom stereocenters. The van der Waals surface area contributed by atoms with E-state index in [-0.39, 0.29) is 0 Å². The smallest absolute Gasteiger partial charge is 0.455 e. The molecule has 0 saturated carbocycles. The third-order valence-electron chi connectivity index (χ3n) is 3.34. The summed E-state index contributed by atoms with van der Waals surface area (Å²) in [6, 6.07) is 2.04. The number of allylic oxidation sites excluding steroid dienone is 2. The Labute approximate surface area is 157 Å². The second-order valence-corrected chi connectivity index (χ2v) is 5.32. The fourth-order valence-electron chi connectivity index (χ4n) is 1.75. The lowest BCUT2D eigenvalue weighted by Crippen LogP contribution is -2.67. The number of hydrogen-bond donors (Lipinski definition) is 0. The Hall–Kier alpha value is -2.94. The van der Waals surface area contributed by atoms with E-state index in [0.29, 0.717) is 24.3 Å². The van der Waals surface area contributed by atoms with Gasteiger partial charge in [0.15, 0.2) is 5.76 Å². The summed E-state index contributed by atoms with van der Waals surface area (Å²) in [4.78, 5) is 19.8. The number of rotatable bonds is 8. The molecular formula is C14H6F11NO4. The average Bonchev–Trinajstić information content (AvgIpc) is 2.60. The lowest BCUT2D eigenvalue weighted by Gasteiger charge is -2.37. The average molecular weight is 461 g/mol. The lowest BCUT2D eigenvalue weighted by molar-refractivity contribution is -0.419. The van der Waals surface area contributed by atoms with Gasteiger partial charge in [0.1, 0.15) is 12.0 Å². The summed E-state index contributed by atoms with van der Waals surface area (Å²) < 4.78 is 148. The number of halogens is 11. The Kier molecular flexibility index (Phi) is 6.45. The van der Waals surface area contributed by atoms with E-state index in [1.165, 1.54) is 0 Å². The molecule has 0 aromatic heterocycles. The molecule has 0 bridgehead atoms. The van der Waals surface area contributed by atoms with E-state index < -0.39 is 64.3 Å². The molecule has 168 valence electrons. The summed E-state index contributed by atoms with van der Waals surface area (Å²) >= 11 is 0. The van der Waals surface area contributed by atoms with Gasteiger partial charge in [-0.2, -0.15) is 48.3 Å². The first kappa shape index (κ1) is 25.1. The highest BCUT2D eigenvalue weighted by molar-refractivity contribution is 5.66. The highest BCUT2D eigenvalue weighted by Gasteiger charge is 2.88. The van der Waals surface area contributed by atoms with Gasteiger partial charge < -0.3 is 4.74 Å².